The number of carbonyl (C=O) groups excluding carboxylic acids is 1. The van der Waals surface area contributed by atoms with Crippen molar-refractivity contribution in [2.75, 3.05) is 11.1 Å². The summed E-state index contributed by atoms with van der Waals surface area (Å²) in [6.45, 7) is 5.96. The van der Waals surface area contributed by atoms with Crippen molar-refractivity contribution in [3.63, 3.8) is 0 Å². The van der Waals surface area contributed by atoms with E-state index in [0.29, 0.717) is 15.7 Å². The van der Waals surface area contributed by atoms with Gasteiger partial charge < -0.3 is 5.73 Å². The Balaban J connectivity index is 1.61. The van der Waals surface area contributed by atoms with Crippen LogP contribution in [0.2, 0.25) is 0 Å². The van der Waals surface area contributed by atoms with E-state index in [0.717, 1.165) is 32.7 Å². The molecule has 0 unspecified atom stereocenters. The van der Waals surface area contributed by atoms with Gasteiger partial charge in [-0.3, -0.25) is 10.1 Å². The molecule has 0 bridgehead atoms. The molecule has 0 saturated carbocycles. The Bertz CT molecular complexity index is 1160. The molecular formula is C20H18N4OS2. The van der Waals surface area contributed by atoms with Gasteiger partial charge in [-0.15, -0.1) is 22.7 Å². The highest BCUT2D eigenvalue weighted by atomic mass is 32.1. The highest BCUT2D eigenvalue weighted by Crippen LogP contribution is 2.35. The van der Waals surface area contributed by atoms with Crippen LogP contribution in [0.1, 0.15) is 26.5 Å². The van der Waals surface area contributed by atoms with Gasteiger partial charge in [-0.05, 0) is 32.4 Å². The summed E-state index contributed by atoms with van der Waals surface area (Å²) in [5.74, 6) is -0.252. The number of pyridine rings is 1. The average molecular weight is 395 g/mol. The van der Waals surface area contributed by atoms with E-state index in [1.165, 1.54) is 28.2 Å². The average Bonchev–Trinajstić information content (AvgIpc) is 3.20. The fraction of sp³-hybridized carbons (Fsp3) is 0.150. The third-order valence-electron chi connectivity index (χ3n) is 4.30. The SMILES string of the molecule is Cc1ccc(-c2csc(NC(=O)c3sc4nc(C)cc(C)c4c3N)n2)cc1. The lowest BCUT2D eigenvalue weighted by Gasteiger charge is -2.01. The van der Waals surface area contributed by atoms with Crippen molar-refractivity contribution in [1.29, 1.82) is 0 Å². The van der Waals surface area contributed by atoms with Gasteiger partial charge in [0.1, 0.15) is 9.71 Å². The van der Waals surface area contributed by atoms with Crippen LogP contribution in [-0.2, 0) is 0 Å². The smallest absolute Gasteiger partial charge is 0.269 e. The minimum absolute atomic E-state index is 0.252. The summed E-state index contributed by atoms with van der Waals surface area (Å²) >= 11 is 2.71. The van der Waals surface area contributed by atoms with Crippen LogP contribution in [0.4, 0.5) is 10.8 Å². The van der Waals surface area contributed by atoms with Crippen LogP contribution in [0.3, 0.4) is 0 Å². The van der Waals surface area contributed by atoms with E-state index in [9.17, 15) is 4.79 Å². The molecule has 27 heavy (non-hydrogen) atoms. The quantitative estimate of drug-likeness (QED) is 0.502. The molecule has 3 heterocycles. The topological polar surface area (TPSA) is 80.9 Å². The third kappa shape index (κ3) is 3.31. The van der Waals surface area contributed by atoms with E-state index < -0.39 is 0 Å². The number of thiazole rings is 1. The number of nitrogens with one attached hydrogen (secondary N) is 1. The Morgan fingerprint density at radius 1 is 1.11 bits per heavy atom. The van der Waals surface area contributed by atoms with Crippen molar-refractivity contribution in [2.45, 2.75) is 20.8 Å². The Hall–Kier alpha value is -2.77. The first kappa shape index (κ1) is 17.6. The number of nitrogens with two attached hydrogens (primary N) is 1. The predicted octanol–water partition coefficient (Wildman–Crippen LogP) is 5.18. The molecule has 7 heteroatoms. The van der Waals surface area contributed by atoms with E-state index in [4.69, 9.17) is 5.73 Å². The molecule has 0 aliphatic rings. The first-order chi connectivity index (χ1) is 12.9. The van der Waals surface area contributed by atoms with Gasteiger partial charge in [-0.25, -0.2) is 9.97 Å². The normalized spacial score (nSPS) is 11.1. The van der Waals surface area contributed by atoms with Crippen LogP contribution in [-0.4, -0.2) is 15.9 Å². The highest BCUT2D eigenvalue weighted by molar-refractivity contribution is 7.21. The van der Waals surface area contributed by atoms with Gasteiger partial charge in [-0.2, -0.15) is 0 Å². The van der Waals surface area contributed by atoms with Gasteiger partial charge in [0, 0.05) is 22.0 Å². The molecule has 4 rings (SSSR count). The standard InChI is InChI=1S/C20H18N4OS2/c1-10-4-6-13(7-5-10)14-9-26-20(23-14)24-18(25)17-16(21)15-11(2)8-12(3)22-19(15)27-17/h4-9H,21H2,1-3H3,(H,23,24,25). The number of carbonyl (C=O) groups is 1. The minimum Gasteiger partial charge on any atom is -0.397 e. The molecule has 136 valence electrons. The van der Waals surface area contributed by atoms with Gasteiger partial charge >= 0.3 is 0 Å². The summed E-state index contributed by atoms with van der Waals surface area (Å²) in [6, 6.07) is 10.1. The van der Waals surface area contributed by atoms with E-state index in [-0.39, 0.29) is 5.91 Å². The summed E-state index contributed by atoms with van der Waals surface area (Å²) in [5, 5.41) is 6.21. The molecule has 5 nitrogen and oxygen atoms in total. The maximum Gasteiger partial charge on any atom is 0.269 e. The van der Waals surface area contributed by atoms with Crippen LogP contribution >= 0.6 is 22.7 Å². The van der Waals surface area contributed by atoms with Crippen molar-refractivity contribution in [3.05, 3.63) is 57.4 Å². The molecule has 0 atom stereocenters. The Kier molecular flexibility index (Phi) is 4.41. The summed E-state index contributed by atoms with van der Waals surface area (Å²) in [4.78, 5) is 23.0. The first-order valence-electron chi connectivity index (χ1n) is 8.42. The number of rotatable bonds is 3. The molecule has 0 fully saturated rings. The lowest BCUT2D eigenvalue weighted by molar-refractivity contribution is 0.103. The van der Waals surface area contributed by atoms with E-state index in [1.54, 1.807) is 0 Å². The number of nitrogen functional groups attached to an aromatic ring is 1. The number of aryl methyl sites for hydroxylation is 3. The maximum absolute atomic E-state index is 12.7. The summed E-state index contributed by atoms with van der Waals surface area (Å²) < 4.78 is 0. The molecule has 0 radical (unpaired) electrons. The molecule has 0 spiro atoms. The number of fused-ring (bicyclic) bond motifs is 1. The molecular weight excluding hydrogens is 376 g/mol. The van der Waals surface area contributed by atoms with Crippen molar-refractivity contribution < 1.29 is 4.79 Å². The lowest BCUT2D eigenvalue weighted by Crippen LogP contribution is -2.11. The van der Waals surface area contributed by atoms with Crippen LogP contribution in [0, 0.1) is 20.8 Å². The van der Waals surface area contributed by atoms with Gasteiger partial charge in [0.25, 0.3) is 5.91 Å². The van der Waals surface area contributed by atoms with Crippen LogP contribution in [0.5, 0.6) is 0 Å². The van der Waals surface area contributed by atoms with Crippen LogP contribution < -0.4 is 11.1 Å². The minimum atomic E-state index is -0.252. The van der Waals surface area contributed by atoms with E-state index in [1.807, 2.05) is 56.5 Å². The molecule has 3 aromatic heterocycles. The Labute approximate surface area is 164 Å². The first-order valence-corrected chi connectivity index (χ1v) is 10.1. The molecule has 3 N–H and O–H groups in total. The number of amides is 1. The van der Waals surface area contributed by atoms with Gasteiger partial charge in [0.05, 0.1) is 11.4 Å². The number of thiophene rings is 1. The zero-order valence-electron chi connectivity index (χ0n) is 15.2. The van der Waals surface area contributed by atoms with E-state index >= 15 is 0 Å². The van der Waals surface area contributed by atoms with E-state index in [2.05, 4.69) is 15.3 Å². The fourth-order valence-electron chi connectivity index (χ4n) is 2.98. The summed E-state index contributed by atoms with van der Waals surface area (Å²) in [5.41, 5.74) is 11.7. The number of anilines is 2. The zero-order chi connectivity index (χ0) is 19.1. The van der Waals surface area contributed by atoms with Gasteiger partial charge in [0.15, 0.2) is 5.13 Å². The molecule has 1 amide bonds. The highest BCUT2D eigenvalue weighted by Gasteiger charge is 2.20. The van der Waals surface area contributed by atoms with Crippen molar-refractivity contribution >= 4 is 49.6 Å². The second-order valence-electron chi connectivity index (χ2n) is 6.46. The van der Waals surface area contributed by atoms with Crippen molar-refractivity contribution in [3.8, 4) is 11.3 Å². The molecule has 1 aromatic carbocycles. The predicted molar refractivity (Wildman–Crippen MR) is 114 cm³/mol. The number of hydrogen-bond acceptors (Lipinski definition) is 6. The third-order valence-corrected chi connectivity index (χ3v) is 6.16. The number of nitrogens with zero attached hydrogens (tertiary/aromatic N) is 2. The maximum atomic E-state index is 12.7. The largest absolute Gasteiger partial charge is 0.397 e. The summed E-state index contributed by atoms with van der Waals surface area (Å²) in [6.07, 6.45) is 0. The zero-order valence-corrected chi connectivity index (χ0v) is 16.8. The van der Waals surface area contributed by atoms with Gasteiger partial charge in [0.2, 0.25) is 0 Å². The second-order valence-corrected chi connectivity index (χ2v) is 8.32. The molecule has 0 aliphatic heterocycles. The summed E-state index contributed by atoms with van der Waals surface area (Å²) in [7, 11) is 0. The van der Waals surface area contributed by atoms with Crippen LogP contribution in [0.25, 0.3) is 21.5 Å². The fourth-order valence-corrected chi connectivity index (χ4v) is 4.81. The second kappa shape index (κ2) is 6.75. The lowest BCUT2D eigenvalue weighted by atomic mass is 10.1. The van der Waals surface area contributed by atoms with Crippen molar-refractivity contribution in [2.24, 2.45) is 0 Å². The molecule has 0 saturated heterocycles. The van der Waals surface area contributed by atoms with Crippen LogP contribution in [0.15, 0.2) is 35.7 Å². The monoisotopic (exact) mass is 394 g/mol. The molecule has 0 aliphatic carbocycles. The Morgan fingerprint density at radius 2 is 1.85 bits per heavy atom. The van der Waals surface area contributed by atoms with Crippen molar-refractivity contribution in [1.82, 2.24) is 9.97 Å². The van der Waals surface area contributed by atoms with Gasteiger partial charge in [-0.1, -0.05) is 29.8 Å². The molecule has 4 aromatic rings. The number of hydrogen-bond donors (Lipinski definition) is 2. The number of aromatic nitrogens is 2. The Morgan fingerprint density at radius 3 is 2.59 bits per heavy atom. The number of benzene rings is 1.